The Morgan fingerprint density at radius 3 is 2.60 bits per heavy atom. The lowest BCUT2D eigenvalue weighted by Crippen LogP contribution is -2.40. The number of carbonyl (C=O) groups excluding carboxylic acids is 1. The second-order valence-electron chi connectivity index (χ2n) is 5.71. The number of nitrogens with two attached hydrogens (primary N) is 1. The average molecular weight is 339 g/mol. The van der Waals surface area contributed by atoms with Crippen molar-refractivity contribution in [1.82, 2.24) is 4.90 Å². The number of nitrogens with zero attached hydrogens (tertiary/aromatic N) is 1. The highest BCUT2D eigenvalue weighted by Crippen LogP contribution is 2.30. The molecule has 0 spiro atoms. The number of halogens is 1. The first kappa shape index (κ1) is 15.5. The van der Waals surface area contributed by atoms with E-state index in [1.165, 1.54) is 6.42 Å². The van der Waals surface area contributed by atoms with E-state index in [2.05, 4.69) is 28.1 Å². The van der Waals surface area contributed by atoms with Gasteiger partial charge in [0.25, 0.3) is 0 Å². The summed E-state index contributed by atoms with van der Waals surface area (Å²) >= 11 is 3.43. The molecule has 20 heavy (non-hydrogen) atoms. The third-order valence-corrected chi connectivity index (χ3v) is 4.77. The summed E-state index contributed by atoms with van der Waals surface area (Å²) in [6.45, 7) is 1.29. The first-order valence-corrected chi connectivity index (χ1v) is 8.10. The van der Waals surface area contributed by atoms with Gasteiger partial charge in [0.15, 0.2) is 0 Å². The van der Waals surface area contributed by atoms with Crippen molar-refractivity contribution in [3.8, 4) is 0 Å². The Labute approximate surface area is 129 Å². The van der Waals surface area contributed by atoms with Crippen LogP contribution in [0.1, 0.15) is 31.2 Å². The monoisotopic (exact) mass is 338 g/mol. The summed E-state index contributed by atoms with van der Waals surface area (Å²) in [5, 5.41) is 0. The lowest BCUT2D eigenvalue weighted by molar-refractivity contribution is -0.137. The van der Waals surface area contributed by atoms with Gasteiger partial charge in [-0.1, -0.05) is 40.9 Å². The summed E-state index contributed by atoms with van der Waals surface area (Å²) in [5.74, 6) is 0.737. The molecular weight excluding hydrogens is 316 g/mol. The Kier molecular flexibility index (Phi) is 5.61. The zero-order valence-electron chi connectivity index (χ0n) is 12.0. The van der Waals surface area contributed by atoms with Gasteiger partial charge in [0.05, 0.1) is 0 Å². The molecule has 110 valence electrons. The number of hydrogen-bond acceptors (Lipinski definition) is 2. The van der Waals surface area contributed by atoms with E-state index in [4.69, 9.17) is 5.73 Å². The van der Waals surface area contributed by atoms with Gasteiger partial charge in [0.1, 0.15) is 0 Å². The van der Waals surface area contributed by atoms with E-state index in [1.54, 1.807) is 0 Å². The summed E-state index contributed by atoms with van der Waals surface area (Å²) in [7, 11) is 1.90. The second-order valence-corrected chi connectivity index (χ2v) is 6.62. The van der Waals surface area contributed by atoms with Crippen LogP contribution in [0.3, 0.4) is 0 Å². The van der Waals surface area contributed by atoms with Gasteiger partial charge in [-0.15, -0.1) is 0 Å². The van der Waals surface area contributed by atoms with E-state index >= 15 is 0 Å². The quantitative estimate of drug-likeness (QED) is 0.916. The lowest BCUT2D eigenvalue weighted by atomic mass is 9.78. The zero-order valence-corrected chi connectivity index (χ0v) is 13.6. The topological polar surface area (TPSA) is 46.3 Å². The van der Waals surface area contributed by atoms with Gasteiger partial charge in [-0.2, -0.15) is 0 Å². The highest BCUT2D eigenvalue weighted by atomic mass is 79.9. The first-order valence-electron chi connectivity index (χ1n) is 7.31. The van der Waals surface area contributed by atoms with Crippen LogP contribution in [-0.2, 0) is 11.3 Å². The normalized spacial score (nSPS) is 22.6. The van der Waals surface area contributed by atoms with E-state index in [-0.39, 0.29) is 11.8 Å². The predicted molar refractivity (Wildman–Crippen MR) is 85.1 cm³/mol. The summed E-state index contributed by atoms with van der Waals surface area (Å²) in [6.07, 6.45) is 4.45. The number of benzene rings is 1. The Bertz CT molecular complexity index is 446. The van der Waals surface area contributed by atoms with E-state index in [9.17, 15) is 4.79 Å². The summed E-state index contributed by atoms with van der Waals surface area (Å²) in [5.41, 5.74) is 6.98. The van der Waals surface area contributed by atoms with E-state index in [1.807, 2.05) is 24.1 Å². The van der Waals surface area contributed by atoms with Crippen molar-refractivity contribution in [2.75, 3.05) is 13.6 Å². The molecule has 1 aliphatic carbocycles. The fourth-order valence-corrected chi connectivity index (χ4v) is 3.30. The van der Waals surface area contributed by atoms with Crippen LogP contribution in [0, 0.1) is 11.8 Å². The second kappa shape index (κ2) is 7.23. The largest absolute Gasteiger partial charge is 0.341 e. The minimum atomic E-state index is 0.120. The fraction of sp³-hybridized carbons (Fsp3) is 0.562. The van der Waals surface area contributed by atoms with Crippen molar-refractivity contribution in [3.63, 3.8) is 0 Å². The minimum Gasteiger partial charge on any atom is -0.341 e. The Hall–Kier alpha value is -0.870. The lowest BCUT2D eigenvalue weighted by Gasteiger charge is -2.32. The maximum absolute atomic E-state index is 12.6. The van der Waals surface area contributed by atoms with Crippen LogP contribution < -0.4 is 5.73 Å². The maximum Gasteiger partial charge on any atom is 0.226 e. The van der Waals surface area contributed by atoms with E-state index < -0.39 is 0 Å². The van der Waals surface area contributed by atoms with Crippen LogP contribution in [0.2, 0.25) is 0 Å². The van der Waals surface area contributed by atoms with Crippen LogP contribution >= 0.6 is 15.9 Å². The van der Waals surface area contributed by atoms with Gasteiger partial charge >= 0.3 is 0 Å². The van der Waals surface area contributed by atoms with Gasteiger partial charge in [-0.25, -0.2) is 0 Å². The zero-order chi connectivity index (χ0) is 14.5. The van der Waals surface area contributed by atoms with Crippen LogP contribution in [0.5, 0.6) is 0 Å². The molecule has 1 aliphatic rings. The molecule has 0 saturated heterocycles. The molecule has 2 N–H and O–H groups in total. The van der Waals surface area contributed by atoms with Gasteiger partial charge in [0.2, 0.25) is 5.91 Å². The molecule has 0 bridgehead atoms. The van der Waals surface area contributed by atoms with Crippen molar-refractivity contribution in [2.45, 2.75) is 32.2 Å². The molecule has 0 heterocycles. The van der Waals surface area contributed by atoms with Crippen molar-refractivity contribution < 1.29 is 4.79 Å². The molecule has 1 saturated carbocycles. The summed E-state index contributed by atoms with van der Waals surface area (Å²) in [4.78, 5) is 14.4. The standard InChI is InChI=1S/C16H23BrN2O/c1-19(11-12-6-8-14(17)9-7-12)16(20)15-5-3-2-4-13(15)10-18/h6-9,13,15H,2-5,10-11,18H2,1H3. The smallest absolute Gasteiger partial charge is 0.226 e. The molecule has 0 aliphatic heterocycles. The van der Waals surface area contributed by atoms with Crippen molar-refractivity contribution in [1.29, 1.82) is 0 Å². The van der Waals surface area contributed by atoms with Crippen LogP contribution in [0.4, 0.5) is 0 Å². The highest BCUT2D eigenvalue weighted by molar-refractivity contribution is 9.10. The SMILES string of the molecule is CN(Cc1ccc(Br)cc1)C(=O)C1CCCCC1CN. The highest BCUT2D eigenvalue weighted by Gasteiger charge is 2.31. The molecule has 1 aromatic carbocycles. The molecule has 2 unspecified atom stereocenters. The van der Waals surface area contributed by atoms with Crippen molar-refractivity contribution in [3.05, 3.63) is 34.3 Å². The molecule has 0 radical (unpaired) electrons. The molecule has 1 fully saturated rings. The van der Waals surface area contributed by atoms with Gasteiger partial charge in [0, 0.05) is 24.0 Å². The number of carbonyl (C=O) groups is 1. The molecule has 0 aromatic heterocycles. The average Bonchev–Trinajstić information content (AvgIpc) is 2.48. The Balaban J connectivity index is 1.98. The van der Waals surface area contributed by atoms with Crippen molar-refractivity contribution in [2.24, 2.45) is 17.6 Å². The van der Waals surface area contributed by atoms with Crippen LogP contribution in [-0.4, -0.2) is 24.4 Å². The maximum atomic E-state index is 12.6. The molecule has 1 aromatic rings. The van der Waals surface area contributed by atoms with Crippen molar-refractivity contribution >= 4 is 21.8 Å². The van der Waals surface area contributed by atoms with Crippen LogP contribution in [0.15, 0.2) is 28.7 Å². The van der Waals surface area contributed by atoms with Gasteiger partial charge in [-0.3, -0.25) is 4.79 Å². The van der Waals surface area contributed by atoms with Gasteiger partial charge in [-0.05, 0) is 43.0 Å². The summed E-state index contributed by atoms with van der Waals surface area (Å²) < 4.78 is 1.06. The fourth-order valence-electron chi connectivity index (χ4n) is 3.04. The number of rotatable bonds is 4. The number of amides is 1. The first-order chi connectivity index (χ1) is 9.61. The molecular formula is C16H23BrN2O. The Morgan fingerprint density at radius 2 is 1.95 bits per heavy atom. The van der Waals surface area contributed by atoms with E-state index in [0.29, 0.717) is 19.0 Å². The third kappa shape index (κ3) is 3.83. The summed E-state index contributed by atoms with van der Waals surface area (Å²) in [6, 6.07) is 8.12. The number of hydrogen-bond donors (Lipinski definition) is 1. The molecule has 1 amide bonds. The Morgan fingerprint density at radius 1 is 1.30 bits per heavy atom. The molecule has 3 nitrogen and oxygen atoms in total. The minimum absolute atomic E-state index is 0.120. The predicted octanol–water partition coefficient (Wildman–Crippen LogP) is 3.17. The van der Waals surface area contributed by atoms with Crippen LogP contribution in [0.25, 0.3) is 0 Å². The molecule has 4 heteroatoms. The molecule has 2 rings (SSSR count). The molecule has 2 atom stereocenters. The van der Waals surface area contributed by atoms with Gasteiger partial charge < -0.3 is 10.6 Å². The van der Waals surface area contributed by atoms with E-state index in [0.717, 1.165) is 29.3 Å². The third-order valence-electron chi connectivity index (χ3n) is 4.24.